The van der Waals surface area contributed by atoms with Crippen LogP contribution in [0.25, 0.3) is 11.1 Å². The second-order valence-electron chi connectivity index (χ2n) is 8.69. The Balaban J connectivity index is 1.67. The van der Waals surface area contributed by atoms with Gasteiger partial charge in [-0.3, -0.25) is 4.79 Å². The molecule has 1 fully saturated rings. The minimum Gasteiger partial charge on any atom is -0.372 e. The number of nitrogens with zero attached hydrogens (tertiary/aromatic N) is 5. The smallest absolute Gasteiger partial charge is 0.272 e. The number of amides is 1. The van der Waals surface area contributed by atoms with Crippen LogP contribution in [0.2, 0.25) is 0 Å². The van der Waals surface area contributed by atoms with Crippen molar-refractivity contribution in [2.45, 2.75) is 38.9 Å². The molecule has 1 aliphatic heterocycles. The van der Waals surface area contributed by atoms with Crippen molar-refractivity contribution >= 4 is 23.5 Å². The third-order valence-corrected chi connectivity index (χ3v) is 5.62. The number of halogens is 3. The number of carbonyl (C=O) groups excluding carboxylic acids is 1. The molecule has 3 heterocycles. The largest absolute Gasteiger partial charge is 0.372 e. The van der Waals surface area contributed by atoms with Gasteiger partial charge in [-0.1, -0.05) is 24.3 Å². The molecule has 0 bridgehead atoms. The fourth-order valence-corrected chi connectivity index (χ4v) is 3.96. The zero-order valence-electron chi connectivity index (χ0n) is 20.2. The fourth-order valence-electron chi connectivity index (χ4n) is 3.96. The van der Waals surface area contributed by atoms with Crippen LogP contribution in [0.4, 0.5) is 30.8 Å². The highest BCUT2D eigenvalue weighted by molar-refractivity contribution is 5.99. The van der Waals surface area contributed by atoms with E-state index >= 15 is 0 Å². The Morgan fingerprint density at radius 3 is 2.42 bits per heavy atom. The Hall–Kier alpha value is -3.80. The Kier molecular flexibility index (Phi) is 7.07. The van der Waals surface area contributed by atoms with E-state index in [-0.39, 0.29) is 35.1 Å². The van der Waals surface area contributed by atoms with Crippen LogP contribution in [-0.2, 0) is 10.7 Å². The number of alkyl halides is 2. The molecule has 9 nitrogen and oxygen atoms in total. The Labute approximate surface area is 206 Å². The molecule has 1 aliphatic rings. The van der Waals surface area contributed by atoms with E-state index in [0.29, 0.717) is 30.2 Å². The molecule has 0 unspecified atom stereocenters. The van der Waals surface area contributed by atoms with Crippen molar-refractivity contribution in [1.29, 1.82) is 0 Å². The van der Waals surface area contributed by atoms with E-state index in [1.807, 2.05) is 18.7 Å². The molecular weight excluding hydrogens is 475 g/mol. The van der Waals surface area contributed by atoms with Gasteiger partial charge in [0.15, 0.2) is 23.1 Å². The number of hydrogen-bond donors (Lipinski definition) is 2. The van der Waals surface area contributed by atoms with Crippen molar-refractivity contribution < 1.29 is 22.7 Å². The van der Waals surface area contributed by atoms with Gasteiger partial charge >= 0.3 is 0 Å². The second kappa shape index (κ2) is 10.1. The molecule has 12 heteroatoms. The van der Waals surface area contributed by atoms with Crippen LogP contribution in [0, 0.1) is 5.82 Å². The summed E-state index contributed by atoms with van der Waals surface area (Å²) in [6, 6.07) is 6.96. The molecule has 4 rings (SSSR count). The molecule has 0 spiro atoms. The Morgan fingerprint density at radius 1 is 1.14 bits per heavy atom. The summed E-state index contributed by atoms with van der Waals surface area (Å²) in [7, 11) is 1.44. The van der Waals surface area contributed by atoms with E-state index in [0.717, 1.165) is 13.1 Å². The fraction of sp³-hybridized carbons (Fsp3) is 0.375. The molecule has 2 N–H and O–H groups in total. The third-order valence-electron chi connectivity index (χ3n) is 5.62. The van der Waals surface area contributed by atoms with Crippen LogP contribution in [-0.4, -0.2) is 58.4 Å². The monoisotopic (exact) mass is 501 g/mol. The lowest BCUT2D eigenvalue weighted by Gasteiger charge is -2.35. The van der Waals surface area contributed by atoms with Gasteiger partial charge in [-0.15, -0.1) is 10.2 Å². The molecule has 2 aromatic heterocycles. The number of aromatic nitrogens is 4. The normalized spacial score (nSPS) is 18.1. The maximum atomic E-state index is 14.6. The lowest BCUT2D eigenvalue weighted by molar-refractivity contribution is -0.00573. The summed E-state index contributed by atoms with van der Waals surface area (Å²) in [6.45, 7) is 5.77. The molecule has 36 heavy (non-hydrogen) atoms. The van der Waals surface area contributed by atoms with E-state index in [4.69, 9.17) is 4.74 Å². The van der Waals surface area contributed by atoms with Crippen molar-refractivity contribution in [3.63, 3.8) is 0 Å². The summed E-state index contributed by atoms with van der Waals surface area (Å²) >= 11 is 0. The quantitative estimate of drug-likeness (QED) is 0.524. The highest BCUT2D eigenvalue weighted by Crippen LogP contribution is 2.31. The van der Waals surface area contributed by atoms with Gasteiger partial charge in [0, 0.05) is 38.2 Å². The topological polar surface area (TPSA) is 105 Å². The zero-order chi connectivity index (χ0) is 26.0. The number of anilines is 3. The van der Waals surface area contributed by atoms with Crippen molar-refractivity contribution in [1.82, 2.24) is 25.5 Å². The van der Waals surface area contributed by atoms with E-state index in [1.165, 1.54) is 37.4 Å². The summed E-state index contributed by atoms with van der Waals surface area (Å²) in [6.07, 6.45) is 0.985. The van der Waals surface area contributed by atoms with E-state index < -0.39 is 17.6 Å². The molecule has 1 amide bonds. The van der Waals surface area contributed by atoms with Gasteiger partial charge in [0.25, 0.3) is 11.8 Å². The van der Waals surface area contributed by atoms with Crippen LogP contribution in [0.15, 0.2) is 36.5 Å². The zero-order valence-corrected chi connectivity index (χ0v) is 20.2. The van der Waals surface area contributed by atoms with Crippen molar-refractivity contribution in [3.8, 4) is 11.1 Å². The maximum absolute atomic E-state index is 14.6. The molecular formula is C24H26F3N7O2. The van der Waals surface area contributed by atoms with E-state index in [1.54, 1.807) is 0 Å². The van der Waals surface area contributed by atoms with Crippen molar-refractivity contribution in [2.75, 3.05) is 30.4 Å². The first kappa shape index (κ1) is 25.3. The number of morpholine rings is 1. The minimum absolute atomic E-state index is 0.0146. The minimum atomic E-state index is -3.01. The van der Waals surface area contributed by atoms with Gasteiger partial charge in [-0.25, -0.2) is 18.2 Å². The van der Waals surface area contributed by atoms with Crippen LogP contribution >= 0.6 is 0 Å². The van der Waals surface area contributed by atoms with E-state index in [2.05, 4.69) is 30.8 Å². The molecule has 1 aromatic carbocycles. The summed E-state index contributed by atoms with van der Waals surface area (Å²) in [5.41, 5.74) is 0.595. The summed E-state index contributed by atoms with van der Waals surface area (Å²) in [4.78, 5) is 22.7. The summed E-state index contributed by atoms with van der Waals surface area (Å²) < 4.78 is 47.6. The molecule has 1 saturated heterocycles. The average Bonchev–Trinajstić information content (AvgIpc) is 2.84. The van der Waals surface area contributed by atoms with Crippen LogP contribution in [0.3, 0.4) is 0 Å². The van der Waals surface area contributed by atoms with Gasteiger partial charge < -0.3 is 20.3 Å². The number of nitrogens with one attached hydrogen (secondary N) is 2. The second-order valence-corrected chi connectivity index (χ2v) is 8.69. The SMILES string of the molecule is CNC(=O)c1nnc(Nc2nc(N3C[C@@H](C)O[C@@H](C)C3)ncc2F)cc1-c1ccc(C(C)(F)F)cc1. The van der Waals surface area contributed by atoms with Crippen LogP contribution < -0.4 is 15.5 Å². The van der Waals surface area contributed by atoms with Crippen molar-refractivity contribution in [2.24, 2.45) is 0 Å². The maximum Gasteiger partial charge on any atom is 0.272 e. The van der Waals surface area contributed by atoms with E-state index in [9.17, 15) is 18.0 Å². The van der Waals surface area contributed by atoms with Crippen molar-refractivity contribution in [3.05, 3.63) is 53.6 Å². The van der Waals surface area contributed by atoms with Crippen LogP contribution in [0.5, 0.6) is 0 Å². The average molecular weight is 502 g/mol. The lowest BCUT2D eigenvalue weighted by atomic mass is 10.0. The first-order chi connectivity index (χ1) is 17.0. The van der Waals surface area contributed by atoms with Gasteiger partial charge in [0.1, 0.15) is 0 Å². The highest BCUT2D eigenvalue weighted by atomic mass is 19.3. The molecule has 190 valence electrons. The highest BCUT2D eigenvalue weighted by Gasteiger charge is 2.26. The summed E-state index contributed by atoms with van der Waals surface area (Å²) in [5.74, 6) is -3.92. The first-order valence-corrected chi connectivity index (χ1v) is 11.3. The molecule has 0 saturated carbocycles. The standard InChI is InChI=1S/C24H26F3N7O2/c1-13-11-34(12-14(2)36-13)23-29-10-18(25)21(31-23)30-19-9-17(20(33-32-19)22(35)28-4)15-5-7-16(8-6-15)24(3,26)27/h5-10,13-14H,11-12H2,1-4H3,(H,28,35)(H,29,30,31,32)/t13-,14+. The van der Waals surface area contributed by atoms with Gasteiger partial charge in [0.2, 0.25) is 5.95 Å². The number of ether oxygens (including phenoxy) is 1. The number of rotatable bonds is 6. The lowest BCUT2D eigenvalue weighted by Crippen LogP contribution is -2.46. The molecule has 2 atom stereocenters. The number of benzene rings is 1. The van der Waals surface area contributed by atoms with Gasteiger partial charge in [-0.2, -0.15) is 4.98 Å². The van der Waals surface area contributed by atoms with Crippen LogP contribution in [0.1, 0.15) is 36.8 Å². The predicted octanol–water partition coefficient (Wildman–Crippen LogP) is 3.90. The molecule has 3 aromatic rings. The number of hydrogen-bond acceptors (Lipinski definition) is 8. The summed E-state index contributed by atoms with van der Waals surface area (Å²) in [5, 5.41) is 13.3. The first-order valence-electron chi connectivity index (χ1n) is 11.3. The van der Waals surface area contributed by atoms with Gasteiger partial charge in [-0.05, 0) is 25.5 Å². The third kappa shape index (κ3) is 5.54. The molecule has 0 aliphatic carbocycles. The Morgan fingerprint density at radius 2 is 1.81 bits per heavy atom. The molecule has 0 radical (unpaired) electrons. The van der Waals surface area contributed by atoms with Gasteiger partial charge in [0.05, 0.1) is 18.4 Å². The number of carbonyl (C=O) groups is 1. The predicted molar refractivity (Wildman–Crippen MR) is 128 cm³/mol. The Bertz CT molecular complexity index is 1240.